The minimum absolute atomic E-state index is 0.0101. The summed E-state index contributed by atoms with van der Waals surface area (Å²) in [7, 11) is 3.12. The van der Waals surface area contributed by atoms with E-state index in [1.807, 2.05) is 0 Å². The zero-order valence-corrected chi connectivity index (χ0v) is 21.3. The maximum Gasteiger partial charge on any atom is 0.244 e. The number of benzene rings is 1. The molecule has 2 fully saturated rings. The Balaban J connectivity index is 1.60. The van der Waals surface area contributed by atoms with Crippen LogP contribution in [0.5, 0.6) is 11.5 Å². The molecule has 1 unspecified atom stereocenters. The molecule has 1 aromatic carbocycles. The molecule has 0 spiro atoms. The molecule has 0 saturated heterocycles. The standard InChI is InChI=1S/C27H42N4O4/c1-34-23-14-13-21(16-24(23)35-2)17-25(32)31-27(28)30-22(15-19-9-5-3-6-10-19)26(33)29-18-20-11-7-4-8-12-20/h13-14,16,19-20,22H,3-12,15,17-18H2,1-2H3,(H,29,33)(H3,28,30,31,32). The number of nitrogens with one attached hydrogen (secondary N) is 2. The van der Waals surface area contributed by atoms with Crippen LogP contribution in [0.25, 0.3) is 0 Å². The molecule has 2 aliphatic carbocycles. The number of rotatable bonds is 10. The zero-order valence-electron chi connectivity index (χ0n) is 21.3. The zero-order chi connectivity index (χ0) is 25.0. The summed E-state index contributed by atoms with van der Waals surface area (Å²) >= 11 is 0. The van der Waals surface area contributed by atoms with Crippen LogP contribution in [0.15, 0.2) is 23.2 Å². The number of aliphatic imine (C=N–C) groups is 1. The lowest BCUT2D eigenvalue weighted by atomic mass is 9.84. The van der Waals surface area contributed by atoms with Crippen LogP contribution in [0.1, 0.15) is 76.2 Å². The monoisotopic (exact) mass is 486 g/mol. The Morgan fingerprint density at radius 3 is 2.23 bits per heavy atom. The predicted molar refractivity (Wildman–Crippen MR) is 138 cm³/mol. The lowest BCUT2D eigenvalue weighted by Crippen LogP contribution is -2.43. The van der Waals surface area contributed by atoms with Crippen molar-refractivity contribution in [2.45, 2.75) is 83.1 Å². The number of ether oxygens (including phenoxy) is 2. The van der Waals surface area contributed by atoms with E-state index in [4.69, 9.17) is 15.2 Å². The first kappa shape index (κ1) is 26.8. The van der Waals surface area contributed by atoms with Crippen LogP contribution in [0.4, 0.5) is 0 Å². The molecule has 0 heterocycles. The van der Waals surface area contributed by atoms with Gasteiger partial charge in [-0.05, 0) is 48.8 Å². The van der Waals surface area contributed by atoms with Crippen LogP contribution < -0.4 is 25.8 Å². The lowest BCUT2D eigenvalue weighted by molar-refractivity contribution is -0.123. The highest BCUT2D eigenvalue weighted by atomic mass is 16.5. The van der Waals surface area contributed by atoms with E-state index >= 15 is 0 Å². The average Bonchev–Trinajstić information content (AvgIpc) is 2.87. The summed E-state index contributed by atoms with van der Waals surface area (Å²) in [4.78, 5) is 30.2. The van der Waals surface area contributed by atoms with E-state index in [1.165, 1.54) is 51.4 Å². The number of nitrogens with two attached hydrogens (primary N) is 1. The summed E-state index contributed by atoms with van der Waals surface area (Å²) in [5, 5.41) is 5.78. The average molecular weight is 487 g/mol. The van der Waals surface area contributed by atoms with Crippen molar-refractivity contribution in [1.82, 2.24) is 10.6 Å². The number of amides is 2. The molecule has 35 heavy (non-hydrogen) atoms. The molecule has 4 N–H and O–H groups in total. The van der Waals surface area contributed by atoms with Gasteiger partial charge in [-0.3, -0.25) is 14.9 Å². The molecule has 0 aromatic heterocycles. The number of hydrogen-bond acceptors (Lipinski definition) is 5. The molecule has 2 aliphatic rings. The van der Waals surface area contributed by atoms with Gasteiger partial charge in [0.05, 0.1) is 20.6 Å². The largest absolute Gasteiger partial charge is 0.493 e. The number of guanidine groups is 1. The number of carbonyl (C=O) groups is 2. The van der Waals surface area contributed by atoms with Crippen molar-refractivity contribution in [1.29, 1.82) is 0 Å². The van der Waals surface area contributed by atoms with Crippen LogP contribution in [0, 0.1) is 11.8 Å². The Kier molecular flexibility index (Phi) is 10.7. The third-order valence-corrected chi connectivity index (χ3v) is 7.25. The molecule has 2 amide bonds. The molecular formula is C27H42N4O4. The summed E-state index contributed by atoms with van der Waals surface area (Å²) in [6, 6.07) is 4.74. The molecule has 3 rings (SSSR count). The van der Waals surface area contributed by atoms with Gasteiger partial charge in [0, 0.05) is 6.54 Å². The first-order valence-corrected chi connectivity index (χ1v) is 13.1. The van der Waals surface area contributed by atoms with Gasteiger partial charge in [0.1, 0.15) is 6.04 Å². The molecule has 2 saturated carbocycles. The normalized spacial score (nSPS) is 18.5. The number of methoxy groups -OCH3 is 2. The summed E-state index contributed by atoms with van der Waals surface area (Å²) in [6.07, 6.45) is 12.8. The third-order valence-electron chi connectivity index (χ3n) is 7.25. The van der Waals surface area contributed by atoms with Crippen LogP contribution in [0.3, 0.4) is 0 Å². The minimum Gasteiger partial charge on any atom is -0.493 e. The Labute approximate surface area is 209 Å². The SMILES string of the molecule is COc1ccc(CC(=O)NC(N)=NC(CC2CCCCC2)C(=O)NCC2CCCCC2)cc1OC. The second-order valence-electron chi connectivity index (χ2n) is 9.93. The molecule has 0 bridgehead atoms. The van der Waals surface area contributed by atoms with Gasteiger partial charge < -0.3 is 20.5 Å². The number of nitrogens with zero attached hydrogens (tertiary/aromatic N) is 1. The van der Waals surface area contributed by atoms with E-state index in [2.05, 4.69) is 15.6 Å². The van der Waals surface area contributed by atoms with E-state index in [1.54, 1.807) is 32.4 Å². The van der Waals surface area contributed by atoms with Gasteiger partial charge in [0.15, 0.2) is 17.5 Å². The Morgan fingerprint density at radius 2 is 1.60 bits per heavy atom. The smallest absolute Gasteiger partial charge is 0.244 e. The summed E-state index contributed by atoms with van der Waals surface area (Å²) < 4.78 is 10.6. The Hall–Kier alpha value is -2.77. The highest BCUT2D eigenvalue weighted by Gasteiger charge is 2.25. The van der Waals surface area contributed by atoms with Crippen molar-refractivity contribution in [2.75, 3.05) is 20.8 Å². The predicted octanol–water partition coefficient (Wildman–Crippen LogP) is 3.71. The van der Waals surface area contributed by atoms with Gasteiger partial charge in [-0.1, -0.05) is 57.4 Å². The van der Waals surface area contributed by atoms with Crippen molar-refractivity contribution in [3.63, 3.8) is 0 Å². The van der Waals surface area contributed by atoms with Crippen molar-refractivity contribution < 1.29 is 19.1 Å². The Morgan fingerprint density at radius 1 is 0.971 bits per heavy atom. The molecule has 8 nitrogen and oxygen atoms in total. The van der Waals surface area contributed by atoms with Crippen molar-refractivity contribution in [3.05, 3.63) is 23.8 Å². The van der Waals surface area contributed by atoms with E-state index in [-0.39, 0.29) is 24.2 Å². The molecule has 194 valence electrons. The first-order chi connectivity index (χ1) is 17.0. The maximum absolute atomic E-state index is 13.1. The van der Waals surface area contributed by atoms with Crippen LogP contribution >= 0.6 is 0 Å². The highest BCUT2D eigenvalue weighted by molar-refractivity contribution is 5.98. The van der Waals surface area contributed by atoms with E-state index in [0.717, 1.165) is 18.4 Å². The second-order valence-corrected chi connectivity index (χ2v) is 9.93. The fourth-order valence-corrected chi connectivity index (χ4v) is 5.27. The van der Waals surface area contributed by atoms with E-state index in [9.17, 15) is 9.59 Å². The lowest BCUT2D eigenvalue weighted by Gasteiger charge is -2.26. The quantitative estimate of drug-likeness (QED) is 0.344. The van der Waals surface area contributed by atoms with Crippen molar-refractivity contribution in [2.24, 2.45) is 22.6 Å². The summed E-state index contributed by atoms with van der Waals surface area (Å²) in [5.41, 5.74) is 6.87. The fourth-order valence-electron chi connectivity index (χ4n) is 5.27. The third kappa shape index (κ3) is 8.75. The molecule has 0 radical (unpaired) electrons. The van der Waals surface area contributed by atoms with E-state index < -0.39 is 6.04 Å². The fraction of sp³-hybridized carbons (Fsp3) is 0.667. The first-order valence-electron chi connectivity index (χ1n) is 13.1. The van der Waals surface area contributed by atoms with Gasteiger partial charge in [-0.25, -0.2) is 4.99 Å². The van der Waals surface area contributed by atoms with Crippen LogP contribution in [-0.2, 0) is 16.0 Å². The van der Waals surface area contributed by atoms with Crippen molar-refractivity contribution in [3.8, 4) is 11.5 Å². The molecule has 0 aliphatic heterocycles. The summed E-state index contributed by atoms with van der Waals surface area (Å²) in [5.74, 6) is 1.78. The topological polar surface area (TPSA) is 115 Å². The van der Waals surface area contributed by atoms with Gasteiger partial charge in [-0.2, -0.15) is 0 Å². The highest BCUT2D eigenvalue weighted by Crippen LogP contribution is 2.29. The molecule has 1 atom stereocenters. The van der Waals surface area contributed by atoms with Gasteiger partial charge in [-0.15, -0.1) is 0 Å². The second kappa shape index (κ2) is 14.0. The molecule has 8 heteroatoms. The van der Waals surface area contributed by atoms with Crippen LogP contribution in [-0.4, -0.2) is 44.6 Å². The van der Waals surface area contributed by atoms with Crippen molar-refractivity contribution >= 4 is 17.8 Å². The minimum atomic E-state index is -0.580. The van der Waals surface area contributed by atoms with Gasteiger partial charge in [0.2, 0.25) is 11.8 Å². The van der Waals surface area contributed by atoms with E-state index in [0.29, 0.717) is 36.3 Å². The van der Waals surface area contributed by atoms with Crippen LogP contribution in [0.2, 0.25) is 0 Å². The molecular weight excluding hydrogens is 444 g/mol. The number of carbonyl (C=O) groups excluding carboxylic acids is 2. The maximum atomic E-state index is 13.1. The van der Waals surface area contributed by atoms with Gasteiger partial charge in [0.25, 0.3) is 0 Å². The molecule has 1 aromatic rings. The summed E-state index contributed by atoms with van der Waals surface area (Å²) in [6.45, 7) is 0.696. The van der Waals surface area contributed by atoms with Gasteiger partial charge >= 0.3 is 0 Å². The Bertz CT molecular complexity index is 861. The number of hydrogen-bond donors (Lipinski definition) is 3.